The first kappa shape index (κ1) is 14.2. The lowest BCUT2D eigenvalue weighted by atomic mass is 9.96. The first-order valence-corrected chi connectivity index (χ1v) is 6.47. The predicted octanol–water partition coefficient (Wildman–Crippen LogP) is 1.07. The van der Waals surface area contributed by atoms with E-state index in [2.05, 4.69) is 25.6 Å². The van der Waals surface area contributed by atoms with Crippen molar-refractivity contribution in [1.29, 1.82) is 0 Å². The molecule has 2 heterocycles. The molecule has 0 fully saturated rings. The Hall–Kier alpha value is -2.18. The third kappa shape index (κ3) is 2.87. The van der Waals surface area contributed by atoms with Crippen LogP contribution in [0.1, 0.15) is 48.5 Å². The van der Waals surface area contributed by atoms with Crippen molar-refractivity contribution >= 4 is 5.91 Å². The molecule has 0 atom stereocenters. The van der Waals surface area contributed by atoms with Crippen LogP contribution < -0.4 is 5.32 Å². The standard InChI is InChI=1S/C13H20N6O/c1-8-9(7-15-19(8)5)6-14-11(20)10-16-12(18-17-10)13(2,3)4/h7H,6H2,1-5H3,(H,14,20)(H,16,17,18). The summed E-state index contributed by atoms with van der Waals surface area (Å²) >= 11 is 0. The number of aryl methyl sites for hydroxylation is 1. The molecule has 2 rings (SSSR count). The van der Waals surface area contributed by atoms with Crippen LogP contribution in [0.4, 0.5) is 0 Å². The van der Waals surface area contributed by atoms with Gasteiger partial charge in [0.1, 0.15) is 5.82 Å². The largest absolute Gasteiger partial charge is 0.345 e. The van der Waals surface area contributed by atoms with Gasteiger partial charge in [0.05, 0.1) is 6.20 Å². The van der Waals surface area contributed by atoms with E-state index in [1.165, 1.54) is 0 Å². The van der Waals surface area contributed by atoms with Crippen molar-refractivity contribution < 1.29 is 4.79 Å². The number of rotatable bonds is 3. The number of nitrogens with one attached hydrogen (secondary N) is 2. The van der Waals surface area contributed by atoms with E-state index >= 15 is 0 Å². The summed E-state index contributed by atoms with van der Waals surface area (Å²) in [5.41, 5.74) is 1.84. The van der Waals surface area contributed by atoms with Gasteiger partial charge in [0.25, 0.3) is 5.91 Å². The average Bonchev–Trinajstić information content (AvgIpc) is 2.96. The van der Waals surface area contributed by atoms with Crippen LogP contribution in [0.3, 0.4) is 0 Å². The second-order valence-electron chi connectivity index (χ2n) is 5.82. The molecule has 0 spiro atoms. The Balaban J connectivity index is 2.02. The maximum Gasteiger partial charge on any atom is 0.291 e. The molecule has 2 aromatic heterocycles. The van der Waals surface area contributed by atoms with Crippen LogP contribution in [0.15, 0.2) is 6.20 Å². The molecule has 0 unspecified atom stereocenters. The van der Waals surface area contributed by atoms with Gasteiger partial charge in [-0.1, -0.05) is 20.8 Å². The molecule has 2 N–H and O–H groups in total. The number of nitrogens with zero attached hydrogens (tertiary/aromatic N) is 4. The van der Waals surface area contributed by atoms with Crippen LogP contribution in [-0.4, -0.2) is 30.9 Å². The van der Waals surface area contributed by atoms with E-state index in [4.69, 9.17) is 0 Å². The number of aromatic nitrogens is 5. The SMILES string of the molecule is Cc1c(CNC(=O)c2n[nH]c(C(C)(C)C)n2)cnn1C. The lowest BCUT2D eigenvalue weighted by molar-refractivity contribution is 0.0941. The molecule has 1 amide bonds. The van der Waals surface area contributed by atoms with Crippen LogP contribution >= 0.6 is 0 Å². The topological polar surface area (TPSA) is 88.5 Å². The highest BCUT2D eigenvalue weighted by Crippen LogP contribution is 2.17. The molecule has 2 aromatic rings. The average molecular weight is 276 g/mol. The Bertz CT molecular complexity index is 619. The van der Waals surface area contributed by atoms with Crippen molar-refractivity contribution in [3.8, 4) is 0 Å². The summed E-state index contributed by atoms with van der Waals surface area (Å²) in [7, 11) is 1.87. The molecule has 0 aromatic carbocycles. The maximum atomic E-state index is 12.0. The normalized spacial score (nSPS) is 11.7. The Morgan fingerprint density at radius 2 is 2.15 bits per heavy atom. The summed E-state index contributed by atoms with van der Waals surface area (Å²) in [4.78, 5) is 16.2. The van der Waals surface area contributed by atoms with E-state index in [0.29, 0.717) is 12.4 Å². The van der Waals surface area contributed by atoms with Crippen molar-refractivity contribution in [1.82, 2.24) is 30.3 Å². The number of carbonyl (C=O) groups is 1. The summed E-state index contributed by atoms with van der Waals surface area (Å²) < 4.78 is 1.77. The van der Waals surface area contributed by atoms with Gasteiger partial charge in [0.2, 0.25) is 5.82 Å². The molecule has 0 aliphatic heterocycles. The fraction of sp³-hybridized carbons (Fsp3) is 0.538. The Morgan fingerprint density at radius 3 is 2.65 bits per heavy atom. The zero-order valence-corrected chi connectivity index (χ0v) is 12.5. The minimum atomic E-state index is -0.292. The highest BCUT2D eigenvalue weighted by molar-refractivity contribution is 5.90. The molecule has 0 bridgehead atoms. The first-order chi connectivity index (χ1) is 9.29. The van der Waals surface area contributed by atoms with Crippen molar-refractivity contribution in [3.05, 3.63) is 29.1 Å². The number of hydrogen-bond donors (Lipinski definition) is 2. The molecule has 20 heavy (non-hydrogen) atoms. The van der Waals surface area contributed by atoms with Gasteiger partial charge in [-0.05, 0) is 6.92 Å². The Morgan fingerprint density at radius 1 is 1.45 bits per heavy atom. The molecule has 0 aliphatic rings. The lowest BCUT2D eigenvalue weighted by Gasteiger charge is -2.12. The molecule has 0 aliphatic carbocycles. The van der Waals surface area contributed by atoms with Crippen LogP contribution in [0, 0.1) is 6.92 Å². The van der Waals surface area contributed by atoms with Crippen LogP contribution in [0.2, 0.25) is 0 Å². The third-order valence-electron chi connectivity index (χ3n) is 3.18. The molecule has 7 nitrogen and oxygen atoms in total. The van der Waals surface area contributed by atoms with E-state index in [1.54, 1.807) is 10.9 Å². The van der Waals surface area contributed by atoms with Gasteiger partial charge >= 0.3 is 0 Å². The Labute approximate surface area is 117 Å². The smallest absolute Gasteiger partial charge is 0.291 e. The van der Waals surface area contributed by atoms with Crippen LogP contribution in [-0.2, 0) is 19.0 Å². The Kier molecular flexibility index (Phi) is 3.61. The maximum absolute atomic E-state index is 12.0. The number of hydrogen-bond acceptors (Lipinski definition) is 4. The quantitative estimate of drug-likeness (QED) is 0.877. The molecule has 7 heteroatoms. The van der Waals surface area contributed by atoms with Gasteiger partial charge in [-0.3, -0.25) is 14.6 Å². The minimum absolute atomic E-state index is 0.161. The third-order valence-corrected chi connectivity index (χ3v) is 3.18. The first-order valence-electron chi connectivity index (χ1n) is 6.47. The van der Waals surface area contributed by atoms with Gasteiger partial charge in [0.15, 0.2) is 0 Å². The van der Waals surface area contributed by atoms with E-state index in [1.807, 2.05) is 34.7 Å². The fourth-order valence-electron chi connectivity index (χ4n) is 1.67. The number of aromatic amines is 1. The van der Waals surface area contributed by atoms with E-state index < -0.39 is 0 Å². The van der Waals surface area contributed by atoms with Gasteiger partial charge < -0.3 is 5.32 Å². The van der Waals surface area contributed by atoms with E-state index in [9.17, 15) is 4.79 Å². The second kappa shape index (κ2) is 5.07. The number of H-pyrrole nitrogens is 1. The van der Waals surface area contributed by atoms with E-state index in [-0.39, 0.29) is 17.1 Å². The molecule has 0 radical (unpaired) electrons. The van der Waals surface area contributed by atoms with Crippen molar-refractivity contribution in [3.63, 3.8) is 0 Å². The van der Waals surface area contributed by atoms with E-state index in [0.717, 1.165) is 11.3 Å². The summed E-state index contributed by atoms with van der Waals surface area (Å²) in [6.45, 7) is 8.40. The molecule has 0 saturated carbocycles. The minimum Gasteiger partial charge on any atom is -0.345 e. The van der Waals surface area contributed by atoms with Crippen molar-refractivity contribution in [2.45, 2.75) is 39.7 Å². The zero-order chi connectivity index (χ0) is 14.9. The molecule has 0 saturated heterocycles. The lowest BCUT2D eigenvalue weighted by Crippen LogP contribution is -2.24. The second-order valence-corrected chi connectivity index (χ2v) is 5.82. The number of amides is 1. The predicted molar refractivity (Wildman–Crippen MR) is 74.2 cm³/mol. The summed E-state index contributed by atoms with van der Waals surface area (Å²) in [6, 6.07) is 0. The van der Waals surface area contributed by atoms with Crippen molar-refractivity contribution in [2.75, 3.05) is 0 Å². The van der Waals surface area contributed by atoms with Crippen LogP contribution in [0.25, 0.3) is 0 Å². The van der Waals surface area contributed by atoms with Crippen LogP contribution in [0.5, 0.6) is 0 Å². The van der Waals surface area contributed by atoms with Gasteiger partial charge in [-0.2, -0.15) is 5.10 Å². The monoisotopic (exact) mass is 276 g/mol. The van der Waals surface area contributed by atoms with Crippen molar-refractivity contribution in [2.24, 2.45) is 7.05 Å². The molecular weight excluding hydrogens is 256 g/mol. The summed E-state index contributed by atoms with van der Waals surface area (Å²) in [6.07, 6.45) is 1.74. The summed E-state index contributed by atoms with van der Waals surface area (Å²) in [5, 5.41) is 13.7. The van der Waals surface area contributed by atoms with Gasteiger partial charge in [-0.25, -0.2) is 4.98 Å². The highest BCUT2D eigenvalue weighted by Gasteiger charge is 2.21. The summed E-state index contributed by atoms with van der Waals surface area (Å²) in [5.74, 6) is 0.566. The fourth-order valence-corrected chi connectivity index (χ4v) is 1.67. The number of carbonyl (C=O) groups excluding carboxylic acids is 1. The highest BCUT2D eigenvalue weighted by atomic mass is 16.2. The molecular formula is C13H20N6O. The van der Waals surface area contributed by atoms with Gasteiger partial charge in [0, 0.05) is 30.3 Å². The zero-order valence-electron chi connectivity index (χ0n) is 12.5. The van der Waals surface area contributed by atoms with Gasteiger partial charge in [-0.15, -0.1) is 5.10 Å². The molecule has 108 valence electrons.